The first-order valence-electron chi connectivity index (χ1n) is 31.5. The molecular weight excluding hydrogens is 1120 g/mol. The Hall–Kier alpha value is -6.28. The summed E-state index contributed by atoms with van der Waals surface area (Å²) in [6.45, 7) is 16.4. The predicted octanol–water partition coefficient (Wildman–Crippen LogP) is 9.15. The normalized spacial score (nSPS) is 21.8. The van der Waals surface area contributed by atoms with Gasteiger partial charge in [0.25, 0.3) is 5.91 Å². The molecule has 464 valence electrons. The number of likely N-dealkylation sites (tertiary alicyclic amines) is 2. The first kappa shape index (κ1) is 62.8. The predicted molar refractivity (Wildman–Crippen MR) is 326 cm³/mol. The van der Waals surface area contributed by atoms with Crippen LogP contribution in [-0.2, 0) is 25.7 Å². The van der Waals surface area contributed by atoms with Crippen LogP contribution in [0.3, 0.4) is 0 Å². The number of hydrogen-bond acceptors (Lipinski definition) is 12. The van der Waals surface area contributed by atoms with Crippen LogP contribution in [0.4, 0.5) is 19.4 Å². The Bertz CT molecular complexity index is 3010. The summed E-state index contributed by atoms with van der Waals surface area (Å²) in [6, 6.07) is 17.7. The minimum atomic E-state index is -0.873. The lowest BCUT2D eigenvalue weighted by Crippen LogP contribution is -2.57. The second kappa shape index (κ2) is 28.3. The fraction of sp³-hybridized carbons (Fsp3) is 0.591. The third-order valence-electron chi connectivity index (χ3n) is 18.8. The lowest BCUT2D eigenvalue weighted by atomic mass is 9.83. The fourth-order valence-electron chi connectivity index (χ4n) is 14.0. The molecule has 2 aliphatic carbocycles. The average molecular weight is 1210 g/mol. The first-order chi connectivity index (χ1) is 41.3. The van der Waals surface area contributed by atoms with E-state index in [1.54, 1.807) is 38.1 Å². The van der Waals surface area contributed by atoms with Crippen molar-refractivity contribution in [3.63, 3.8) is 0 Å². The van der Waals surface area contributed by atoms with Crippen molar-refractivity contribution in [1.29, 1.82) is 0 Å². The summed E-state index contributed by atoms with van der Waals surface area (Å²) in [5.41, 5.74) is 3.27. The molecule has 4 saturated heterocycles. The summed E-state index contributed by atoms with van der Waals surface area (Å²) in [5, 5.41) is 14.5. The number of aromatic nitrogens is 2. The number of halogens is 3. The zero-order valence-corrected chi connectivity index (χ0v) is 51.4. The number of rotatable bonds is 17. The first-order valence-corrected chi connectivity index (χ1v) is 31.9. The molecule has 86 heavy (non-hydrogen) atoms. The molecule has 0 spiro atoms. The number of amides is 5. The number of anilines is 1. The van der Waals surface area contributed by atoms with Crippen molar-refractivity contribution >= 4 is 47.1 Å². The number of piperidine rings is 2. The van der Waals surface area contributed by atoms with E-state index in [0.717, 1.165) is 136 Å². The van der Waals surface area contributed by atoms with E-state index in [0.29, 0.717) is 88.1 Å². The standard InChI is InChI=1S/C66H87ClF2N10O7/c1-44-36-56(80)60-58(44)61(71-43-70-60)75-32-34-76(35-33-75)63(83)54(46-15-18-52(67)19-16-46)23-27-73-25-21-45(22-26-73)39-74-28-30-77(31-29-74)64(84)59(47-10-6-5-7-11-47)72-62(82)49-13-8-12-48(37-49)50-14-9-24-78(40-50)57(81)42-79(65(85)86-66(2,3)4)41-51-17-20-53(68)38-55(51)69/h8,12-13,15-20,37-38,43-45,47,50,54,56,59,80H,5-7,9-11,14,21-36,39-42H2,1-4H3,(H,72,82)/t44-,50?,54+,56-,59-/m1/s1. The minimum Gasteiger partial charge on any atom is -0.444 e. The monoisotopic (exact) mass is 1200 g/mol. The van der Waals surface area contributed by atoms with Gasteiger partial charge < -0.3 is 39.7 Å². The quantitative estimate of drug-likeness (QED) is 0.103. The molecule has 1 aromatic heterocycles. The number of fused-ring (bicyclic) bond motifs is 1. The Morgan fingerprint density at radius 2 is 1.49 bits per heavy atom. The molecule has 1 saturated carbocycles. The van der Waals surface area contributed by atoms with Crippen LogP contribution in [0.15, 0.2) is 73.1 Å². The van der Waals surface area contributed by atoms with E-state index in [-0.39, 0.29) is 66.0 Å². The van der Waals surface area contributed by atoms with E-state index >= 15 is 0 Å². The highest BCUT2D eigenvalue weighted by Gasteiger charge is 2.39. The molecule has 0 bridgehead atoms. The molecule has 5 amide bonds. The number of ether oxygens (including phenoxy) is 1. The van der Waals surface area contributed by atoms with E-state index in [1.807, 2.05) is 52.3 Å². The second-order valence-electron chi connectivity index (χ2n) is 26.0. The number of aliphatic hydroxyl groups excluding tert-OH is 1. The van der Waals surface area contributed by atoms with Crippen LogP contribution in [0.25, 0.3) is 0 Å². The van der Waals surface area contributed by atoms with Gasteiger partial charge in [-0.3, -0.25) is 29.0 Å². The van der Waals surface area contributed by atoms with Gasteiger partial charge in [-0.15, -0.1) is 0 Å². The highest BCUT2D eigenvalue weighted by molar-refractivity contribution is 6.30. The van der Waals surface area contributed by atoms with Crippen molar-refractivity contribution in [3.05, 3.63) is 123 Å². The zero-order valence-electron chi connectivity index (χ0n) is 50.6. The van der Waals surface area contributed by atoms with Crippen LogP contribution in [0, 0.1) is 23.5 Å². The maximum atomic E-state index is 14.8. The van der Waals surface area contributed by atoms with Gasteiger partial charge in [0.15, 0.2) is 0 Å². The molecule has 4 aromatic rings. The van der Waals surface area contributed by atoms with Gasteiger partial charge in [-0.2, -0.15) is 0 Å². The van der Waals surface area contributed by atoms with Crippen molar-refractivity contribution < 1.29 is 42.6 Å². The van der Waals surface area contributed by atoms with Gasteiger partial charge in [-0.05, 0) is 151 Å². The van der Waals surface area contributed by atoms with Crippen LogP contribution in [0.5, 0.6) is 0 Å². The highest BCUT2D eigenvalue weighted by Crippen LogP contribution is 2.43. The van der Waals surface area contributed by atoms with E-state index < -0.39 is 35.5 Å². The highest BCUT2D eigenvalue weighted by atomic mass is 35.5. The van der Waals surface area contributed by atoms with Gasteiger partial charge in [-0.1, -0.05) is 68.1 Å². The number of benzene rings is 3. The topological polar surface area (TPSA) is 175 Å². The molecule has 5 fully saturated rings. The Morgan fingerprint density at radius 3 is 2.20 bits per heavy atom. The maximum Gasteiger partial charge on any atom is 0.411 e. The number of carbonyl (C=O) groups is 5. The van der Waals surface area contributed by atoms with Crippen molar-refractivity contribution in [2.45, 2.75) is 140 Å². The Kier molecular flexibility index (Phi) is 20.6. The van der Waals surface area contributed by atoms with E-state index in [2.05, 4.69) is 36.9 Å². The second-order valence-corrected chi connectivity index (χ2v) is 26.4. The molecule has 3 aromatic carbocycles. The molecule has 0 radical (unpaired) electrons. The van der Waals surface area contributed by atoms with Gasteiger partial charge >= 0.3 is 6.09 Å². The molecule has 20 heteroatoms. The summed E-state index contributed by atoms with van der Waals surface area (Å²) >= 11 is 6.33. The number of carbonyl (C=O) groups excluding carboxylic acids is 5. The Balaban J connectivity index is 0.694. The van der Waals surface area contributed by atoms with E-state index in [9.17, 15) is 37.9 Å². The van der Waals surface area contributed by atoms with Crippen molar-refractivity contribution in [3.8, 4) is 0 Å². The molecule has 2 N–H and O–H groups in total. The molecule has 5 heterocycles. The van der Waals surface area contributed by atoms with Crippen LogP contribution in [0.2, 0.25) is 5.02 Å². The summed E-state index contributed by atoms with van der Waals surface area (Å²) in [6.07, 6.45) is 10.0. The SMILES string of the molecule is C[C@@H]1C[C@@H](O)c2ncnc(N3CCN(C(=O)[C@@H](CCN4CCC(CN5CCN(C(=O)[C@H](NC(=O)c6cccc(C7CCCN(C(=O)CN(Cc8ccc(F)cc8F)C(=O)OC(C)(C)C)C7)c6)C6CCCCC6)CC5)CC4)c4ccc(Cl)cc4)CC3)c21. The van der Waals surface area contributed by atoms with Gasteiger partial charge in [-0.25, -0.2) is 23.5 Å². The molecule has 4 aliphatic heterocycles. The summed E-state index contributed by atoms with van der Waals surface area (Å²) in [7, 11) is 0. The van der Waals surface area contributed by atoms with Gasteiger partial charge in [0.05, 0.1) is 24.3 Å². The molecular formula is C66H87ClF2N10O7. The lowest BCUT2D eigenvalue weighted by molar-refractivity contribution is -0.137. The number of hydrogen-bond donors (Lipinski definition) is 2. The number of aliphatic hydroxyl groups is 1. The number of piperazine rings is 2. The summed E-state index contributed by atoms with van der Waals surface area (Å²) < 4.78 is 34.1. The Morgan fingerprint density at radius 1 is 0.779 bits per heavy atom. The minimum absolute atomic E-state index is 0.0163. The molecule has 6 aliphatic rings. The van der Waals surface area contributed by atoms with Crippen molar-refractivity contribution in [1.82, 2.24) is 44.7 Å². The van der Waals surface area contributed by atoms with E-state index in [1.165, 1.54) is 6.07 Å². The van der Waals surface area contributed by atoms with Crippen LogP contribution in [0.1, 0.15) is 160 Å². The van der Waals surface area contributed by atoms with Gasteiger partial charge in [0.2, 0.25) is 17.7 Å². The van der Waals surface area contributed by atoms with Gasteiger partial charge in [0, 0.05) is 106 Å². The number of nitrogens with zero attached hydrogens (tertiary/aromatic N) is 9. The van der Waals surface area contributed by atoms with Crippen LogP contribution >= 0.6 is 11.6 Å². The molecule has 10 rings (SSSR count). The molecule has 17 nitrogen and oxygen atoms in total. The molecule has 5 atom stereocenters. The van der Waals surface area contributed by atoms with Crippen LogP contribution < -0.4 is 10.2 Å². The zero-order chi connectivity index (χ0) is 60.6. The van der Waals surface area contributed by atoms with Gasteiger partial charge in [0.1, 0.15) is 42.0 Å². The smallest absolute Gasteiger partial charge is 0.411 e. The average Bonchev–Trinajstić information content (AvgIpc) is 1.94. The van der Waals surface area contributed by atoms with E-state index in [4.69, 9.17) is 16.3 Å². The van der Waals surface area contributed by atoms with Crippen LogP contribution in [-0.4, -0.2) is 184 Å². The molecule has 1 unspecified atom stereocenters. The van der Waals surface area contributed by atoms with Crippen molar-refractivity contribution in [2.75, 3.05) is 103 Å². The Labute approximate surface area is 510 Å². The van der Waals surface area contributed by atoms with Crippen molar-refractivity contribution in [2.24, 2.45) is 11.8 Å². The number of nitrogens with one attached hydrogen (secondary N) is 1. The summed E-state index contributed by atoms with van der Waals surface area (Å²) in [4.78, 5) is 93.8. The fourth-order valence-corrected chi connectivity index (χ4v) is 14.1. The largest absolute Gasteiger partial charge is 0.444 e. The summed E-state index contributed by atoms with van der Waals surface area (Å²) in [5.74, 6) is -0.847. The maximum absolute atomic E-state index is 14.8. The third kappa shape index (κ3) is 15.7. The lowest BCUT2D eigenvalue weighted by Gasteiger charge is -2.41. The third-order valence-corrected chi connectivity index (χ3v) is 19.1.